The van der Waals surface area contributed by atoms with E-state index in [9.17, 15) is 0 Å². The van der Waals surface area contributed by atoms with E-state index in [0.29, 0.717) is 33.4 Å². The van der Waals surface area contributed by atoms with Gasteiger partial charge in [0.25, 0.3) is 0 Å². The number of rotatable bonds is 1. The number of nitrogens with two attached hydrogens (primary N) is 2. The van der Waals surface area contributed by atoms with Gasteiger partial charge in [-0.25, -0.2) is 15.0 Å². The normalized spacial score (nSPS) is 10.8. The third kappa shape index (κ3) is 2.15. The Morgan fingerprint density at radius 2 is 1.74 bits per heavy atom. The van der Waals surface area contributed by atoms with Gasteiger partial charge in [0, 0.05) is 16.7 Å². The number of pyridine rings is 1. The Bertz CT molecular complexity index is 755. The summed E-state index contributed by atoms with van der Waals surface area (Å²) in [6.07, 6.45) is 1.65. The van der Waals surface area contributed by atoms with E-state index in [1.54, 1.807) is 24.4 Å². The van der Waals surface area contributed by atoms with E-state index in [1.165, 1.54) is 0 Å². The molecule has 0 saturated heterocycles. The molecule has 0 spiro atoms. The number of nitrogens with zero attached hydrogens (tertiary/aromatic N) is 3. The largest absolute Gasteiger partial charge is 0.397 e. The maximum atomic E-state index is 5.85. The fraction of sp³-hybridized carbons (Fsp3) is 0. The number of halogens is 1. The zero-order valence-corrected chi connectivity index (χ0v) is 10.6. The Kier molecular flexibility index (Phi) is 2.68. The predicted molar refractivity (Wildman–Crippen MR) is 76.6 cm³/mol. The molecule has 5 nitrogen and oxygen atoms in total. The summed E-state index contributed by atoms with van der Waals surface area (Å²) in [4.78, 5) is 12.8. The van der Waals surface area contributed by atoms with Crippen LogP contribution in [0.3, 0.4) is 0 Å². The number of nitrogen functional groups attached to an aromatic ring is 2. The Labute approximate surface area is 114 Å². The molecule has 0 aliphatic carbocycles. The van der Waals surface area contributed by atoms with Crippen LogP contribution in [0.2, 0.25) is 5.02 Å². The highest BCUT2D eigenvalue weighted by Crippen LogP contribution is 2.23. The van der Waals surface area contributed by atoms with Crippen LogP contribution in [0.5, 0.6) is 0 Å². The van der Waals surface area contributed by atoms with Crippen LogP contribution >= 0.6 is 11.6 Å². The van der Waals surface area contributed by atoms with Crippen molar-refractivity contribution in [3.05, 3.63) is 41.6 Å². The van der Waals surface area contributed by atoms with Crippen molar-refractivity contribution in [2.45, 2.75) is 0 Å². The quantitative estimate of drug-likeness (QED) is 0.710. The minimum atomic E-state index is 0.326. The summed E-state index contributed by atoms with van der Waals surface area (Å²) in [5.41, 5.74) is 14.5. The smallest absolute Gasteiger partial charge is 0.182 e. The Hall–Kier alpha value is -2.40. The van der Waals surface area contributed by atoms with Crippen molar-refractivity contribution in [3.8, 4) is 11.3 Å². The molecule has 3 aromatic rings. The van der Waals surface area contributed by atoms with Crippen LogP contribution in [-0.2, 0) is 0 Å². The number of aromatic nitrogens is 3. The maximum Gasteiger partial charge on any atom is 0.182 e. The zero-order chi connectivity index (χ0) is 13.4. The number of anilines is 2. The summed E-state index contributed by atoms with van der Waals surface area (Å²) < 4.78 is 0. The third-order valence-electron chi connectivity index (χ3n) is 2.71. The van der Waals surface area contributed by atoms with Gasteiger partial charge in [0.1, 0.15) is 11.3 Å². The first-order valence-electron chi connectivity index (χ1n) is 5.58. The summed E-state index contributed by atoms with van der Waals surface area (Å²) in [5, 5.41) is 0.670. The zero-order valence-electron chi connectivity index (χ0n) is 9.84. The monoisotopic (exact) mass is 271 g/mol. The molecule has 0 unspecified atom stereocenters. The number of hydrogen-bond acceptors (Lipinski definition) is 5. The predicted octanol–water partition coefficient (Wildman–Crippen LogP) is 2.51. The van der Waals surface area contributed by atoms with Crippen LogP contribution in [0.25, 0.3) is 22.4 Å². The summed E-state index contributed by atoms with van der Waals surface area (Å²) in [6, 6.07) is 8.90. The lowest BCUT2D eigenvalue weighted by atomic mass is 10.1. The van der Waals surface area contributed by atoms with Crippen LogP contribution in [0.15, 0.2) is 36.5 Å². The molecular formula is C13H10ClN5. The van der Waals surface area contributed by atoms with Crippen molar-refractivity contribution >= 4 is 34.3 Å². The van der Waals surface area contributed by atoms with E-state index in [1.807, 2.05) is 12.1 Å². The van der Waals surface area contributed by atoms with Crippen molar-refractivity contribution in [1.82, 2.24) is 15.0 Å². The van der Waals surface area contributed by atoms with Gasteiger partial charge in [0.2, 0.25) is 0 Å². The summed E-state index contributed by atoms with van der Waals surface area (Å²) >= 11 is 5.85. The van der Waals surface area contributed by atoms with E-state index in [2.05, 4.69) is 15.0 Å². The topological polar surface area (TPSA) is 90.7 Å². The molecule has 0 bridgehead atoms. The molecule has 0 aliphatic rings. The van der Waals surface area contributed by atoms with Crippen LogP contribution in [0, 0.1) is 0 Å². The second-order valence-corrected chi connectivity index (χ2v) is 4.51. The van der Waals surface area contributed by atoms with Crippen molar-refractivity contribution in [1.29, 1.82) is 0 Å². The number of hydrogen-bond donors (Lipinski definition) is 2. The maximum absolute atomic E-state index is 5.85. The summed E-state index contributed by atoms with van der Waals surface area (Å²) in [5.74, 6) is 0.326. The molecule has 19 heavy (non-hydrogen) atoms. The van der Waals surface area contributed by atoms with Crippen LogP contribution < -0.4 is 11.5 Å². The average Bonchev–Trinajstić information content (AvgIpc) is 2.38. The summed E-state index contributed by atoms with van der Waals surface area (Å²) in [7, 11) is 0. The van der Waals surface area contributed by atoms with Crippen molar-refractivity contribution < 1.29 is 0 Å². The number of fused-ring (bicyclic) bond motifs is 1. The highest BCUT2D eigenvalue weighted by molar-refractivity contribution is 6.30. The van der Waals surface area contributed by atoms with Crippen molar-refractivity contribution in [2.75, 3.05) is 11.5 Å². The third-order valence-corrected chi connectivity index (χ3v) is 2.96. The second-order valence-electron chi connectivity index (χ2n) is 4.07. The lowest BCUT2D eigenvalue weighted by molar-refractivity contribution is 1.23. The highest BCUT2D eigenvalue weighted by atomic mass is 35.5. The van der Waals surface area contributed by atoms with Gasteiger partial charge in [0.15, 0.2) is 5.65 Å². The Morgan fingerprint density at radius 3 is 2.47 bits per heavy atom. The molecule has 2 aromatic heterocycles. The van der Waals surface area contributed by atoms with Gasteiger partial charge < -0.3 is 11.5 Å². The second kappa shape index (κ2) is 4.37. The van der Waals surface area contributed by atoms with E-state index in [-0.39, 0.29) is 0 Å². The number of benzene rings is 1. The van der Waals surface area contributed by atoms with E-state index in [4.69, 9.17) is 23.1 Å². The molecule has 0 aliphatic heterocycles. The van der Waals surface area contributed by atoms with Gasteiger partial charge in [-0.2, -0.15) is 0 Å². The molecule has 0 saturated carbocycles. The first kappa shape index (κ1) is 11.7. The lowest BCUT2D eigenvalue weighted by Crippen LogP contribution is -1.99. The van der Waals surface area contributed by atoms with Crippen LogP contribution in [-0.4, -0.2) is 15.0 Å². The highest BCUT2D eigenvalue weighted by Gasteiger charge is 2.07. The first-order valence-corrected chi connectivity index (χ1v) is 5.96. The van der Waals surface area contributed by atoms with E-state index in [0.717, 1.165) is 5.56 Å². The Morgan fingerprint density at radius 1 is 1.00 bits per heavy atom. The lowest BCUT2D eigenvalue weighted by Gasteiger charge is -2.05. The van der Waals surface area contributed by atoms with Crippen LogP contribution in [0.4, 0.5) is 11.5 Å². The molecule has 4 N–H and O–H groups in total. The molecular weight excluding hydrogens is 262 g/mol. The molecule has 6 heteroatoms. The summed E-state index contributed by atoms with van der Waals surface area (Å²) in [6.45, 7) is 0. The molecule has 0 amide bonds. The van der Waals surface area contributed by atoms with E-state index >= 15 is 0 Å². The fourth-order valence-electron chi connectivity index (χ4n) is 1.80. The molecule has 0 atom stereocenters. The van der Waals surface area contributed by atoms with Gasteiger partial charge in [0.05, 0.1) is 17.6 Å². The molecule has 1 aromatic carbocycles. The molecule has 2 heterocycles. The van der Waals surface area contributed by atoms with Gasteiger partial charge in [-0.15, -0.1) is 0 Å². The standard InChI is InChI=1S/C13H10ClN5/c14-8-3-1-7(2-4-8)10-6-17-12-9(15)5-11(16)19-13(12)18-10/h1-6H,(H4,15,16,18,19). The molecule has 0 fully saturated rings. The van der Waals surface area contributed by atoms with Gasteiger partial charge in [-0.3, -0.25) is 0 Å². The van der Waals surface area contributed by atoms with Crippen molar-refractivity contribution in [2.24, 2.45) is 0 Å². The fourth-order valence-corrected chi connectivity index (χ4v) is 1.93. The molecule has 3 rings (SSSR count). The van der Waals surface area contributed by atoms with E-state index < -0.39 is 0 Å². The van der Waals surface area contributed by atoms with Gasteiger partial charge in [-0.1, -0.05) is 23.7 Å². The molecule has 0 radical (unpaired) electrons. The SMILES string of the molecule is Nc1cc(N)c2ncc(-c3ccc(Cl)cc3)nc2n1. The van der Waals surface area contributed by atoms with Gasteiger partial charge >= 0.3 is 0 Å². The first-order chi connectivity index (χ1) is 9.13. The average molecular weight is 272 g/mol. The molecule has 94 valence electrons. The minimum absolute atomic E-state index is 0.326. The minimum Gasteiger partial charge on any atom is -0.397 e. The van der Waals surface area contributed by atoms with Gasteiger partial charge in [-0.05, 0) is 12.1 Å². The van der Waals surface area contributed by atoms with Crippen LogP contribution in [0.1, 0.15) is 0 Å². The Balaban J connectivity index is 2.18. The van der Waals surface area contributed by atoms with Crippen molar-refractivity contribution in [3.63, 3.8) is 0 Å².